The van der Waals surface area contributed by atoms with E-state index in [4.69, 9.17) is 1.37 Å². The van der Waals surface area contributed by atoms with Crippen LogP contribution in [0.15, 0.2) is 24.5 Å². The van der Waals surface area contributed by atoms with E-state index in [1.807, 2.05) is 7.05 Å². The normalized spacial score (nSPS) is 13.5. The molecule has 1 aromatic heterocycles. The maximum Gasteiger partial charge on any atom is 0.177 e. The van der Waals surface area contributed by atoms with Gasteiger partial charge in [0.05, 0.1) is 20.5 Å². The highest BCUT2D eigenvalue weighted by atomic mass is 16.1. The Balaban J connectivity index is 2.44. The molecule has 3 N–H and O–H groups in total. The molecule has 3 heteroatoms. The minimum atomic E-state index is -0.230. The van der Waals surface area contributed by atoms with Gasteiger partial charge in [-0.05, 0) is 6.07 Å². The molecule has 1 heterocycles. The van der Waals surface area contributed by atoms with Crippen LogP contribution in [-0.2, 0) is 0 Å². The van der Waals surface area contributed by atoms with E-state index in [1.165, 1.54) is 0 Å². The minimum Gasteiger partial charge on any atom is -0.349 e. The molecule has 1 unspecified atom stereocenters. The van der Waals surface area contributed by atoms with Crippen LogP contribution < -0.4 is 10.3 Å². The van der Waals surface area contributed by atoms with Crippen LogP contribution in [0.2, 0.25) is 0 Å². The molecular formula is C10H16N2O+2. The summed E-state index contributed by atoms with van der Waals surface area (Å²) in [5.74, 6) is 0.0981. The summed E-state index contributed by atoms with van der Waals surface area (Å²) in [6.45, 7) is -0.230. The van der Waals surface area contributed by atoms with Gasteiger partial charge in [0.1, 0.15) is 0 Å². The third-order valence-electron chi connectivity index (χ3n) is 1.80. The van der Waals surface area contributed by atoms with E-state index in [0.717, 1.165) is 0 Å². The van der Waals surface area contributed by atoms with Crippen molar-refractivity contribution in [1.29, 1.82) is 0 Å². The zero-order valence-electron chi connectivity index (χ0n) is 8.79. The van der Waals surface area contributed by atoms with E-state index >= 15 is 0 Å². The van der Waals surface area contributed by atoms with Crippen molar-refractivity contribution < 1.29 is 16.5 Å². The molecule has 0 spiro atoms. The molecule has 1 atom stereocenters. The number of carbonyl (C=O) groups excluding carboxylic acids is 1. The quantitative estimate of drug-likeness (QED) is 0.620. The second kappa shape index (κ2) is 5.43. The third kappa shape index (κ3) is 3.34. The Bertz CT molecular complexity index is 289. The molecule has 0 bridgehead atoms. The molecule has 13 heavy (non-hydrogen) atoms. The molecule has 1 rings (SSSR count). The standard InChI is InChI=1S/C10H14N2O/c1-11-6-3-5-10(13)9-4-2-7-12-8-9/h2,4,7-8,11H,3,5-6H2,1H3/p+2/i6D. The van der Waals surface area contributed by atoms with Gasteiger partial charge in [0.2, 0.25) is 0 Å². The molecule has 0 aliphatic rings. The topological polar surface area (TPSA) is 47.8 Å². The number of Topliss-reactive ketones (excluding diaryl/α,β-unsaturated/α-hetero) is 1. The van der Waals surface area contributed by atoms with Crippen molar-refractivity contribution in [2.24, 2.45) is 0 Å². The van der Waals surface area contributed by atoms with E-state index in [0.29, 0.717) is 18.4 Å². The number of nitrogens with one attached hydrogen (secondary N) is 1. The second-order valence-electron chi connectivity index (χ2n) is 2.82. The Hall–Kier alpha value is -1.22. The van der Waals surface area contributed by atoms with Crippen molar-refractivity contribution in [2.45, 2.75) is 12.8 Å². The van der Waals surface area contributed by atoms with Crippen LogP contribution in [0.4, 0.5) is 0 Å². The Labute approximate surface area is 79.6 Å². The van der Waals surface area contributed by atoms with Gasteiger partial charge in [-0.3, -0.25) is 4.79 Å². The zero-order chi connectivity index (χ0) is 10.4. The van der Waals surface area contributed by atoms with E-state index < -0.39 is 0 Å². The lowest BCUT2D eigenvalue weighted by Gasteiger charge is -1.96. The maximum atomic E-state index is 11.5. The van der Waals surface area contributed by atoms with Crippen LogP contribution in [0.5, 0.6) is 0 Å². The molecular weight excluding hydrogens is 164 g/mol. The highest BCUT2D eigenvalue weighted by Crippen LogP contribution is 2.00. The Morgan fingerprint density at radius 3 is 3.23 bits per heavy atom. The number of pyridine rings is 1. The Morgan fingerprint density at radius 2 is 2.62 bits per heavy atom. The van der Waals surface area contributed by atoms with E-state index in [1.54, 1.807) is 29.8 Å². The number of nitrogens with two attached hydrogens (primary N) is 1. The molecule has 0 fully saturated rings. The van der Waals surface area contributed by atoms with Crippen molar-refractivity contribution in [2.75, 3.05) is 13.6 Å². The smallest absolute Gasteiger partial charge is 0.177 e. The highest BCUT2D eigenvalue weighted by Gasteiger charge is 2.06. The Kier molecular flexibility index (Phi) is 3.50. The molecule has 0 aliphatic carbocycles. The number of aromatic nitrogens is 1. The van der Waals surface area contributed by atoms with Gasteiger partial charge in [0, 0.05) is 18.9 Å². The van der Waals surface area contributed by atoms with Gasteiger partial charge in [0.25, 0.3) is 0 Å². The Morgan fingerprint density at radius 1 is 1.77 bits per heavy atom. The number of hydrogen-bond acceptors (Lipinski definition) is 1. The lowest BCUT2D eigenvalue weighted by molar-refractivity contribution is -0.627. The molecule has 0 aliphatic heterocycles. The predicted molar refractivity (Wildman–Crippen MR) is 49.3 cm³/mol. The summed E-state index contributed by atoms with van der Waals surface area (Å²) in [5, 5.41) is 1.80. The van der Waals surface area contributed by atoms with Crippen molar-refractivity contribution >= 4 is 5.78 Å². The molecule has 70 valence electrons. The molecule has 0 radical (unpaired) electrons. The van der Waals surface area contributed by atoms with Gasteiger partial charge in [-0.15, -0.1) is 0 Å². The zero-order valence-corrected chi connectivity index (χ0v) is 7.79. The number of hydrogen-bond donors (Lipinski definition) is 1. The number of quaternary nitrogens is 1. The summed E-state index contributed by atoms with van der Waals surface area (Å²) < 4.78 is 7.46. The van der Waals surface area contributed by atoms with Crippen LogP contribution in [0.25, 0.3) is 0 Å². The van der Waals surface area contributed by atoms with Crippen molar-refractivity contribution in [3.63, 3.8) is 0 Å². The first-order valence-electron chi connectivity index (χ1n) is 5.03. The summed E-state index contributed by atoms with van der Waals surface area (Å²) in [6.07, 6.45) is 4.50. The number of ketones is 1. The summed E-state index contributed by atoms with van der Waals surface area (Å²) >= 11 is 0. The number of carbonyl (C=O) groups is 1. The first kappa shape index (κ1) is 8.38. The summed E-state index contributed by atoms with van der Waals surface area (Å²) in [7, 11) is 1.85. The maximum absolute atomic E-state index is 11.5. The largest absolute Gasteiger partial charge is 0.349 e. The minimum absolute atomic E-state index is 0.0981. The van der Waals surface area contributed by atoms with Gasteiger partial charge in [0.15, 0.2) is 18.2 Å². The average Bonchev–Trinajstić information content (AvgIpc) is 2.26. The van der Waals surface area contributed by atoms with E-state index in [-0.39, 0.29) is 12.3 Å². The fraction of sp³-hybridized carbons (Fsp3) is 0.400. The predicted octanol–water partition coefficient (Wildman–Crippen LogP) is -0.343. The molecule has 0 amide bonds. The van der Waals surface area contributed by atoms with Crippen LogP contribution in [0.3, 0.4) is 0 Å². The first-order valence-corrected chi connectivity index (χ1v) is 4.45. The van der Waals surface area contributed by atoms with Crippen molar-refractivity contribution in [3.05, 3.63) is 30.1 Å². The first-order chi connectivity index (χ1) is 6.74. The van der Waals surface area contributed by atoms with Gasteiger partial charge >= 0.3 is 0 Å². The van der Waals surface area contributed by atoms with Gasteiger partial charge in [-0.2, -0.15) is 0 Å². The average molecular weight is 181 g/mol. The van der Waals surface area contributed by atoms with Crippen LogP contribution in [0.1, 0.15) is 24.6 Å². The SMILES string of the molecule is [2H]C(CCC(=O)c1ccc[nH+]c1)[NH2+]C. The van der Waals surface area contributed by atoms with E-state index in [2.05, 4.69) is 4.98 Å². The van der Waals surface area contributed by atoms with Crippen molar-refractivity contribution in [3.8, 4) is 0 Å². The summed E-state index contributed by atoms with van der Waals surface area (Å²) in [4.78, 5) is 14.4. The third-order valence-corrected chi connectivity index (χ3v) is 1.80. The second-order valence-corrected chi connectivity index (χ2v) is 2.82. The summed E-state index contributed by atoms with van der Waals surface area (Å²) in [5.41, 5.74) is 0.691. The monoisotopic (exact) mass is 181 g/mol. The number of H-pyrrole nitrogens is 1. The molecule has 1 aromatic rings. The fourth-order valence-corrected chi connectivity index (χ4v) is 1.09. The van der Waals surface area contributed by atoms with Crippen LogP contribution in [0, 0.1) is 0 Å². The van der Waals surface area contributed by atoms with E-state index in [9.17, 15) is 4.79 Å². The van der Waals surface area contributed by atoms with Crippen molar-refractivity contribution in [1.82, 2.24) is 0 Å². The van der Waals surface area contributed by atoms with Crippen LogP contribution in [-0.4, -0.2) is 19.4 Å². The highest BCUT2D eigenvalue weighted by molar-refractivity contribution is 5.95. The van der Waals surface area contributed by atoms with Gasteiger partial charge in [-0.1, -0.05) is 0 Å². The molecule has 0 saturated heterocycles. The fourth-order valence-electron chi connectivity index (χ4n) is 1.09. The lowest BCUT2D eigenvalue weighted by Crippen LogP contribution is -2.79. The number of rotatable bonds is 5. The summed E-state index contributed by atoms with van der Waals surface area (Å²) in [6, 6.07) is 3.59. The van der Waals surface area contributed by atoms with Crippen LogP contribution >= 0.6 is 0 Å². The van der Waals surface area contributed by atoms with Gasteiger partial charge < -0.3 is 5.32 Å². The number of aromatic amines is 1. The lowest BCUT2D eigenvalue weighted by atomic mass is 10.1. The molecule has 0 aromatic carbocycles. The van der Waals surface area contributed by atoms with Gasteiger partial charge in [-0.25, -0.2) is 4.98 Å². The molecule has 0 saturated carbocycles. The molecule has 3 nitrogen and oxygen atoms in total.